The van der Waals surface area contributed by atoms with E-state index in [1.54, 1.807) is 6.92 Å². The van der Waals surface area contributed by atoms with Gasteiger partial charge < -0.3 is 10.8 Å². The largest absolute Gasteiger partial charge is 0.393 e. The maximum atomic E-state index is 10.7. The highest BCUT2D eigenvalue weighted by Gasteiger charge is 2.26. The summed E-state index contributed by atoms with van der Waals surface area (Å²) in [5, 5.41) is 9.22. The quantitative estimate of drug-likeness (QED) is 0.634. The number of primary amides is 1. The van der Waals surface area contributed by atoms with Crippen LogP contribution in [0.4, 0.5) is 0 Å². The standard InChI is InChI=1S/C9H18N2O2/c1-7(12)5-8-3-2-4-11(8)6-9(10)13/h7-8,12H,2-6H2,1H3,(H2,10,13). The lowest BCUT2D eigenvalue weighted by Gasteiger charge is -2.23. The molecule has 1 fully saturated rings. The fourth-order valence-corrected chi connectivity index (χ4v) is 1.96. The lowest BCUT2D eigenvalue weighted by Crippen LogP contribution is -2.38. The number of carbonyl (C=O) groups excluding carboxylic acids is 1. The average molecular weight is 186 g/mol. The lowest BCUT2D eigenvalue weighted by atomic mass is 10.1. The second-order valence-electron chi connectivity index (χ2n) is 3.82. The van der Waals surface area contributed by atoms with Crippen molar-refractivity contribution in [1.82, 2.24) is 4.90 Å². The van der Waals surface area contributed by atoms with Crippen LogP contribution in [0.15, 0.2) is 0 Å². The molecular formula is C9H18N2O2. The third kappa shape index (κ3) is 3.32. The Hall–Kier alpha value is -0.610. The van der Waals surface area contributed by atoms with Gasteiger partial charge in [0.25, 0.3) is 0 Å². The molecule has 3 N–H and O–H groups in total. The van der Waals surface area contributed by atoms with Crippen LogP contribution in [-0.2, 0) is 4.79 Å². The maximum Gasteiger partial charge on any atom is 0.231 e. The van der Waals surface area contributed by atoms with Gasteiger partial charge in [-0.05, 0) is 32.7 Å². The molecule has 4 nitrogen and oxygen atoms in total. The molecule has 76 valence electrons. The molecule has 1 aliphatic heterocycles. The van der Waals surface area contributed by atoms with E-state index in [1.807, 2.05) is 0 Å². The van der Waals surface area contributed by atoms with Crippen molar-refractivity contribution in [2.24, 2.45) is 5.73 Å². The van der Waals surface area contributed by atoms with E-state index in [0.29, 0.717) is 12.6 Å². The Kier molecular flexibility index (Phi) is 3.69. The summed E-state index contributed by atoms with van der Waals surface area (Å²) in [6.45, 7) is 3.04. The molecule has 0 aromatic rings. The Morgan fingerprint density at radius 2 is 2.46 bits per heavy atom. The molecule has 1 heterocycles. The summed E-state index contributed by atoms with van der Waals surface area (Å²) in [4.78, 5) is 12.8. The molecule has 2 unspecified atom stereocenters. The number of nitrogens with two attached hydrogens (primary N) is 1. The van der Waals surface area contributed by atoms with E-state index in [2.05, 4.69) is 4.90 Å². The van der Waals surface area contributed by atoms with Gasteiger partial charge in [-0.25, -0.2) is 0 Å². The molecule has 1 aliphatic rings. The number of carbonyl (C=O) groups is 1. The van der Waals surface area contributed by atoms with Gasteiger partial charge >= 0.3 is 0 Å². The molecular weight excluding hydrogens is 168 g/mol. The number of amides is 1. The van der Waals surface area contributed by atoms with Crippen LogP contribution in [0.2, 0.25) is 0 Å². The second-order valence-corrected chi connectivity index (χ2v) is 3.82. The van der Waals surface area contributed by atoms with Gasteiger partial charge in [0, 0.05) is 6.04 Å². The van der Waals surface area contributed by atoms with Crippen LogP contribution < -0.4 is 5.73 Å². The monoisotopic (exact) mass is 186 g/mol. The molecule has 0 spiro atoms. The van der Waals surface area contributed by atoms with Gasteiger partial charge in [-0.2, -0.15) is 0 Å². The third-order valence-corrected chi connectivity index (χ3v) is 2.47. The van der Waals surface area contributed by atoms with Crippen LogP contribution >= 0.6 is 0 Å². The summed E-state index contributed by atoms with van der Waals surface area (Å²) < 4.78 is 0. The zero-order valence-electron chi connectivity index (χ0n) is 8.07. The van der Waals surface area contributed by atoms with Gasteiger partial charge in [0.2, 0.25) is 5.91 Å². The Labute approximate surface area is 78.7 Å². The van der Waals surface area contributed by atoms with Crippen molar-refractivity contribution in [3.63, 3.8) is 0 Å². The Balaban J connectivity index is 2.39. The molecule has 2 atom stereocenters. The van der Waals surface area contributed by atoms with E-state index in [9.17, 15) is 9.90 Å². The van der Waals surface area contributed by atoms with E-state index < -0.39 is 0 Å². The number of hydrogen-bond donors (Lipinski definition) is 2. The number of hydrogen-bond acceptors (Lipinski definition) is 3. The number of likely N-dealkylation sites (tertiary alicyclic amines) is 1. The topological polar surface area (TPSA) is 66.6 Å². The van der Waals surface area contributed by atoms with E-state index in [-0.39, 0.29) is 12.0 Å². The highest BCUT2D eigenvalue weighted by Crippen LogP contribution is 2.20. The van der Waals surface area contributed by atoms with E-state index in [4.69, 9.17) is 5.73 Å². The van der Waals surface area contributed by atoms with Crippen molar-refractivity contribution in [2.75, 3.05) is 13.1 Å². The fraction of sp³-hybridized carbons (Fsp3) is 0.889. The number of nitrogens with zero attached hydrogens (tertiary/aromatic N) is 1. The predicted octanol–water partition coefficient (Wildman–Crippen LogP) is -0.293. The van der Waals surface area contributed by atoms with Crippen molar-refractivity contribution in [2.45, 2.75) is 38.3 Å². The van der Waals surface area contributed by atoms with Gasteiger partial charge in [0.05, 0.1) is 12.6 Å². The molecule has 0 radical (unpaired) electrons. The van der Waals surface area contributed by atoms with Crippen LogP contribution in [0, 0.1) is 0 Å². The van der Waals surface area contributed by atoms with Crippen molar-refractivity contribution in [3.05, 3.63) is 0 Å². The fourth-order valence-electron chi connectivity index (χ4n) is 1.96. The number of rotatable bonds is 4. The van der Waals surface area contributed by atoms with Crippen molar-refractivity contribution in [3.8, 4) is 0 Å². The molecule has 1 rings (SSSR count). The van der Waals surface area contributed by atoms with Gasteiger partial charge in [-0.3, -0.25) is 9.69 Å². The Morgan fingerprint density at radius 3 is 3.00 bits per heavy atom. The SMILES string of the molecule is CC(O)CC1CCCN1CC(N)=O. The van der Waals surface area contributed by atoms with Crippen LogP contribution in [0.25, 0.3) is 0 Å². The highest BCUT2D eigenvalue weighted by atomic mass is 16.3. The normalized spacial score (nSPS) is 26.2. The zero-order valence-corrected chi connectivity index (χ0v) is 8.07. The molecule has 0 saturated carbocycles. The van der Waals surface area contributed by atoms with Crippen molar-refractivity contribution < 1.29 is 9.90 Å². The minimum Gasteiger partial charge on any atom is -0.393 e. The maximum absolute atomic E-state index is 10.7. The molecule has 0 aromatic carbocycles. The van der Waals surface area contributed by atoms with Gasteiger partial charge in [-0.15, -0.1) is 0 Å². The predicted molar refractivity (Wildman–Crippen MR) is 50.1 cm³/mol. The number of aliphatic hydroxyl groups is 1. The number of aliphatic hydroxyl groups excluding tert-OH is 1. The van der Waals surface area contributed by atoms with E-state index in [1.165, 1.54) is 0 Å². The highest BCUT2D eigenvalue weighted by molar-refractivity contribution is 5.76. The summed E-state index contributed by atoms with van der Waals surface area (Å²) in [7, 11) is 0. The third-order valence-electron chi connectivity index (χ3n) is 2.47. The smallest absolute Gasteiger partial charge is 0.231 e. The van der Waals surface area contributed by atoms with Crippen LogP contribution in [-0.4, -0.2) is 41.1 Å². The van der Waals surface area contributed by atoms with Crippen molar-refractivity contribution in [1.29, 1.82) is 0 Å². The van der Waals surface area contributed by atoms with Crippen LogP contribution in [0.3, 0.4) is 0 Å². The van der Waals surface area contributed by atoms with Crippen molar-refractivity contribution >= 4 is 5.91 Å². The van der Waals surface area contributed by atoms with Gasteiger partial charge in [0.15, 0.2) is 0 Å². The lowest BCUT2D eigenvalue weighted by molar-refractivity contribution is -0.119. The first-order valence-electron chi connectivity index (χ1n) is 4.80. The summed E-state index contributed by atoms with van der Waals surface area (Å²) in [5.41, 5.74) is 5.12. The van der Waals surface area contributed by atoms with E-state index in [0.717, 1.165) is 25.8 Å². The van der Waals surface area contributed by atoms with Gasteiger partial charge in [0.1, 0.15) is 0 Å². The Morgan fingerprint density at radius 1 is 1.77 bits per heavy atom. The molecule has 4 heteroatoms. The molecule has 0 aromatic heterocycles. The molecule has 0 aliphatic carbocycles. The summed E-state index contributed by atoms with van der Waals surface area (Å²) in [5.74, 6) is -0.280. The molecule has 0 bridgehead atoms. The van der Waals surface area contributed by atoms with Gasteiger partial charge in [-0.1, -0.05) is 0 Å². The van der Waals surface area contributed by atoms with Crippen LogP contribution in [0.1, 0.15) is 26.2 Å². The first kappa shape index (κ1) is 10.5. The minimum atomic E-state index is -0.293. The first-order valence-corrected chi connectivity index (χ1v) is 4.80. The summed E-state index contributed by atoms with van der Waals surface area (Å²) in [6, 6.07) is 0.340. The average Bonchev–Trinajstić information content (AvgIpc) is 2.34. The second kappa shape index (κ2) is 4.58. The zero-order chi connectivity index (χ0) is 9.84. The van der Waals surface area contributed by atoms with E-state index >= 15 is 0 Å². The summed E-state index contributed by atoms with van der Waals surface area (Å²) >= 11 is 0. The molecule has 1 saturated heterocycles. The molecule has 13 heavy (non-hydrogen) atoms. The summed E-state index contributed by atoms with van der Waals surface area (Å²) in [6.07, 6.45) is 2.62. The van der Waals surface area contributed by atoms with Crippen LogP contribution in [0.5, 0.6) is 0 Å². The minimum absolute atomic E-state index is 0.280. The Bertz CT molecular complexity index is 182. The molecule has 1 amide bonds. The first-order chi connectivity index (χ1) is 6.09.